The minimum Gasteiger partial charge on any atom is -0.307 e. The first-order valence-electron chi connectivity index (χ1n) is 6.92. The summed E-state index contributed by atoms with van der Waals surface area (Å²) in [7, 11) is 1.88. The number of carbonyl (C=O) groups is 1. The van der Waals surface area contributed by atoms with Gasteiger partial charge < -0.3 is 5.32 Å². The predicted molar refractivity (Wildman–Crippen MR) is 82.8 cm³/mol. The number of hydrogen-bond donors (Lipinski definition) is 1. The Balaban J connectivity index is 1.66. The van der Waals surface area contributed by atoms with E-state index < -0.39 is 0 Å². The van der Waals surface area contributed by atoms with Crippen molar-refractivity contribution >= 4 is 33.3 Å². The van der Waals surface area contributed by atoms with Gasteiger partial charge in [-0.25, -0.2) is 4.98 Å². The molecule has 0 bridgehead atoms. The van der Waals surface area contributed by atoms with Crippen LogP contribution >= 0.6 is 11.3 Å². The first-order valence-corrected chi connectivity index (χ1v) is 7.79. The summed E-state index contributed by atoms with van der Waals surface area (Å²) in [6.45, 7) is 0. The van der Waals surface area contributed by atoms with Gasteiger partial charge in [0.2, 0.25) is 0 Å². The maximum Gasteiger partial charge on any atom is 0.256 e. The van der Waals surface area contributed by atoms with Gasteiger partial charge in [-0.1, -0.05) is 0 Å². The zero-order valence-corrected chi connectivity index (χ0v) is 12.4. The smallest absolute Gasteiger partial charge is 0.256 e. The predicted octanol–water partition coefficient (Wildman–Crippen LogP) is 2.77. The summed E-state index contributed by atoms with van der Waals surface area (Å²) in [6, 6.07) is 5.58. The molecule has 2 aromatic heterocycles. The molecule has 1 aliphatic rings. The number of hydrogen-bond acceptors (Lipinski definition) is 4. The molecule has 6 heteroatoms. The molecule has 0 saturated heterocycles. The van der Waals surface area contributed by atoms with Gasteiger partial charge in [0.25, 0.3) is 5.91 Å². The molecule has 3 aromatic rings. The lowest BCUT2D eigenvalue weighted by Crippen LogP contribution is -2.15. The zero-order chi connectivity index (χ0) is 14.4. The molecule has 106 valence electrons. The van der Waals surface area contributed by atoms with Gasteiger partial charge in [-0.3, -0.25) is 9.48 Å². The maximum atomic E-state index is 12.5. The van der Waals surface area contributed by atoms with Crippen molar-refractivity contribution in [1.29, 1.82) is 0 Å². The molecule has 1 amide bonds. The standard InChI is InChI=1S/C15H14N4OS/c1-19-14(10-3-2-4-11(10)18-19)17-15(20)9-5-6-12-13(7-9)21-8-16-12/h5-8H,2-4H2,1H3,(H,17,20). The first-order chi connectivity index (χ1) is 10.2. The number of fused-ring (bicyclic) bond motifs is 2. The number of nitrogens with one attached hydrogen (secondary N) is 1. The van der Waals surface area contributed by atoms with E-state index in [2.05, 4.69) is 15.4 Å². The number of nitrogens with zero attached hydrogens (tertiary/aromatic N) is 3. The van der Waals surface area contributed by atoms with E-state index in [1.807, 2.05) is 25.2 Å². The fourth-order valence-electron chi connectivity index (χ4n) is 2.85. The minimum atomic E-state index is -0.0944. The number of rotatable bonds is 2. The quantitative estimate of drug-likeness (QED) is 0.791. The van der Waals surface area contributed by atoms with Crippen LogP contribution in [0.15, 0.2) is 23.7 Å². The van der Waals surface area contributed by atoms with Crippen molar-refractivity contribution in [2.24, 2.45) is 7.05 Å². The van der Waals surface area contributed by atoms with Gasteiger partial charge in [0.05, 0.1) is 21.4 Å². The van der Waals surface area contributed by atoms with E-state index in [-0.39, 0.29) is 5.91 Å². The molecule has 0 saturated carbocycles. The third-order valence-corrected chi connectivity index (χ3v) is 4.69. The molecule has 0 radical (unpaired) electrons. The summed E-state index contributed by atoms with van der Waals surface area (Å²) in [5.41, 5.74) is 5.67. The van der Waals surface area contributed by atoms with Crippen molar-refractivity contribution in [3.8, 4) is 0 Å². The summed E-state index contributed by atoms with van der Waals surface area (Å²) in [6.07, 6.45) is 3.12. The number of anilines is 1. The van der Waals surface area contributed by atoms with Crippen LogP contribution in [-0.2, 0) is 19.9 Å². The lowest BCUT2D eigenvalue weighted by molar-refractivity contribution is 0.102. The summed E-state index contributed by atoms with van der Waals surface area (Å²) in [4.78, 5) is 16.7. The van der Waals surface area contributed by atoms with E-state index in [1.165, 1.54) is 5.56 Å². The Hall–Kier alpha value is -2.21. The SMILES string of the molecule is Cn1nc2c(c1NC(=O)c1ccc3ncsc3c1)CCC2. The first kappa shape index (κ1) is 12.5. The van der Waals surface area contributed by atoms with Crippen molar-refractivity contribution in [2.75, 3.05) is 5.32 Å². The Morgan fingerprint density at radius 3 is 3.19 bits per heavy atom. The molecule has 4 rings (SSSR count). The Kier molecular flexibility index (Phi) is 2.78. The molecule has 0 fully saturated rings. The largest absolute Gasteiger partial charge is 0.307 e. The van der Waals surface area contributed by atoms with E-state index >= 15 is 0 Å². The Labute approximate surface area is 125 Å². The molecule has 0 aliphatic heterocycles. The number of benzene rings is 1. The molecule has 2 heterocycles. The van der Waals surface area contributed by atoms with Crippen LogP contribution in [0.2, 0.25) is 0 Å². The Morgan fingerprint density at radius 1 is 1.38 bits per heavy atom. The second kappa shape index (κ2) is 4.66. The normalized spacial score (nSPS) is 13.6. The number of amides is 1. The average molecular weight is 298 g/mol. The molecule has 21 heavy (non-hydrogen) atoms. The summed E-state index contributed by atoms with van der Waals surface area (Å²) in [5, 5.41) is 7.48. The van der Waals surface area contributed by atoms with E-state index in [1.54, 1.807) is 21.5 Å². The molecule has 1 N–H and O–H groups in total. The fraction of sp³-hybridized carbons (Fsp3) is 0.267. The van der Waals surface area contributed by atoms with Crippen molar-refractivity contribution in [3.05, 3.63) is 40.5 Å². The lowest BCUT2D eigenvalue weighted by Gasteiger charge is -2.07. The Bertz CT molecular complexity index is 849. The Morgan fingerprint density at radius 2 is 2.29 bits per heavy atom. The van der Waals surface area contributed by atoms with Gasteiger partial charge in [-0.05, 0) is 37.5 Å². The third-order valence-electron chi connectivity index (χ3n) is 3.89. The highest BCUT2D eigenvalue weighted by molar-refractivity contribution is 7.16. The molecule has 0 spiro atoms. The van der Waals surface area contributed by atoms with Crippen LogP contribution in [0.5, 0.6) is 0 Å². The van der Waals surface area contributed by atoms with Gasteiger partial charge in [-0.2, -0.15) is 5.10 Å². The highest BCUT2D eigenvalue weighted by Crippen LogP contribution is 2.28. The number of aromatic nitrogens is 3. The van der Waals surface area contributed by atoms with Gasteiger partial charge in [-0.15, -0.1) is 11.3 Å². The minimum absolute atomic E-state index is 0.0944. The zero-order valence-electron chi connectivity index (χ0n) is 11.6. The highest BCUT2D eigenvalue weighted by Gasteiger charge is 2.22. The van der Waals surface area contributed by atoms with Crippen molar-refractivity contribution in [3.63, 3.8) is 0 Å². The molecule has 1 aromatic carbocycles. The van der Waals surface area contributed by atoms with Gasteiger partial charge in [0, 0.05) is 18.2 Å². The maximum absolute atomic E-state index is 12.5. The molecule has 5 nitrogen and oxygen atoms in total. The highest BCUT2D eigenvalue weighted by atomic mass is 32.1. The molecule has 0 unspecified atom stereocenters. The number of carbonyl (C=O) groups excluding carboxylic acids is 1. The van der Waals surface area contributed by atoms with Crippen molar-refractivity contribution in [1.82, 2.24) is 14.8 Å². The van der Waals surface area contributed by atoms with Gasteiger partial charge in [0.1, 0.15) is 5.82 Å². The van der Waals surface area contributed by atoms with Crippen LogP contribution in [0.3, 0.4) is 0 Å². The van der Waals surface area contributed by atoms with Crippen molar-refractivity contribution in [2.45, 2.75) is 19.3 Å². The summed E-state index contributed by atoms with van der Waals surface area (Å²) >= 11 is 1.54. The van der Waals surface area contributed by atoms with E-state index in [4.69, 9.17) is 0 Å². The van der Waals surface area contributed by atoms with E-state index in [0.717, 1.165) is 41.0 Å². The van der Waals surface area contributed by atoms with Crippen LogP contribution in [0.25, 0.3) is 10.2 Å². The fourth-order valence-corrected chi connectivity index (χ4v) is 3.57. The second-order valence-electron chi connectivity index (χ2n) is 5.24. The van der Waals surface area contributed by atoms with Crippen LogP contribution in [0.1, 0.15) is 28.0 Å². The molecular weight excluding hydrogens is 284 g/mol. The van der Waals surface area contributed by atoms with E-state index in [0.29, 0.717) is 5.56 Å². The molecule has 0 atom stereocenters. The van der Waals surface area contributed by atoms with Gasteiger partial charge >= 0.3 is 0 Å². The average Bonchev–Trinajstić information content (AvgIpc) is 3.16. The molecular formula is C15H14N4OS. The summed E-state index contributed by atoms with van der Waals surface area (Å²) in [5.74, 6) is 0.736. The van der Waals surface area contributed by atoms with Gasteiger partial charge in [0.15, 0.2) is 0 Å². The monoisotopic (exact) mass is 298 g/mol. The van der Waals surface area contributed by atoms with Crippen molar-refractivity contribution < 1.29 is 4.79 Å². The van der Waals surface area contributed by atoms with Crippen LogP contribution in [0, 0.1) is 0 Å². The lowest BCUT2D eigenvalue weighted by atomic mass is 10.2. The molecule has 1 aliphatic carbocycles. The van der Waals surface area contributed by atoms with Crippen LogP contribution in [0.4, 0.5) is 5.82 Å². The van der Waals surface area contributed by atoms with Crippen LogP contribution in [-0.4, -0.2) is 20.7 Å². The second-order valence-corrected chi connectivity index (χ2v) is 6.13. The third kappa shape index (κ3) is 2.03. The number of thiazole rings is 1. The topological polar surface area (TPSA) is 59.8 Å². The number of aryl methyl sites for hydroxylation is 2. The van der Waals surface area contributed by atoms with E-state index in [9.17, 15) is 4.79 Å². The van der Waals surface area contributed by atoms with Crippen LogP contribution < -0.4 is 5.32 Å². The summed E-state index contributed by atoms with van der Waals surface area (Å²) < 4.78 is 2.80.